The van der Waals surface area contributed by atoms with Gasteiger partial charge in [0, 0.05) is 17.2 Å². The van der Waals surface area contributed by atoms with Crippen molar-refractivity contribution in [2.45, 2.75) is 5.75 Å². The van der Waals surface area contributed by atoms with Crippen molar-refractivity contribution >= 4 is 32.4 Å². The lowest BCUT2D eigenvalue weighted by atomic mass is 10.2. The second-order valence-electron chi connectivity index (χ2n) is 3.27. The van der Waals surface area contributed by atoms with Crippen LogP contribution in [0.15, 0.2) is 24.3 Å². The number of nitrogen functional groups attached to an aromatic ring is 1. The average Bonchev–Trinajstić information content (AvgIpc) is 2.73. The molecule has 0 bridgehead atoms. The summed E-state index contributed by atoms with van der Waals surface area (Å²) >= 11 is 0.880. The van der Waals surface area contributed by atoms with E-state index in [0.717, 1.165) is 11.5 Å². The molecule has 1 aromatic heterocycles. The second kappa shape index (κ2) is 4.63. The Bertz CT molecular complexity index is 579. The number of nitrogens with one attached hydrogen (secondary N) is 1. The van der Waals surface area contributed by atoms with Gasteiger partial charge in [-0.15, -0.1) is 0 Å². The Balaban J connectivity index is 2.09. The third-order valence-electron chi connectivity index (χ3n) is 1.88. The number of aromatic nitrogens is 3. The van der Waals surface area contributed by atoms with Gasteiger partial charge in [-0.2, -0.15) is 0 Å². The van der Waals surface area contributed by atoms with Gasteiger partial charge in [0.25, 0.3) is 0 Å². The molecular formula is C8H9N5O2S2. The zero-order valence-electron chi connectivity index (χ0n) is 8.57. The second-order valence-corrected chi connectivity index (χ2v) is 5.73. The SMILES string of the molecule is Nc1ccc(CS(=O)(=O)Nc2nnns2)cc1. The molecule has 0 aliphatic rings. The molecule has 90 valence electrons. The van der Waals surface area contributed by atoms with Crippen molar-refractivity contribution < 1.29 is 8.42 Å². The topological polar surface area (TPSA) is 111 Å². The highest BCUT2D eigenvalue weighted by molar-refractivity contribution is 7.92. The number of benzene rings is 1. The van der Waals surface area contributed by atoms with Crippen LogP contribution in [0.1, 0.15) is 5.56 Å². The van der Waals surface area contributed by atoms with Gasteiger partial charge in [-0.1, -0.05) is 21.7 Å². The summed E-state index contributed by atoms with van der Waals surface area (Å²) in [5, 5.41) is 6.96. The summed E-state index contributed by atoms with van der Waals surface area (Å²) in [5.41, 5.74) is 6.74. The molecule has 2 rings (SSSR count). The number of hydrogen-bond acceptors (Lipinski definition) is 7. The molecule has 0 radical (unpaired) electrons. The van der Waals surface area contributed by atoms with Gasteiger partial charge >= 0.3 is 0 Å². The minimum absolute atomic E-state index is 0.146. The van der Waals surface area contributed by atoms with E-state index in [1.54, 1.807) is 24.3 Å². The Kier molecular flexibility index (Phi) is 3.20. The van der Waals surface area contributed by atoms with Gasteiger partial charge in [-0.25, -0.2) is 8.42 Å². The first kappa shape index (κ1) is 11.7. The minimum atomic E-state index is -3.49. The smallest absolute Gasteiger partial charge is 0.238 e. The maximum atomic E-state index is 11.7. The van der Waals surface area contributed by atoms with Gasteiger partial charge in [0.2, 0.25) is 15.2 Å². The van der Waals surface area contributed by atoms with Crippen LogP contribution >= 0.6 is 11.5 Å². The van der Waals surface area contributed by atoms with Gasteiger partial charge in [0.05, 0.1) is 5.75 Å². The fourth-order valence-corrected chi connectivity index (χ4v) is 2.94. The summed E-state index contributed by atoms with van der Waals surface area (Å²) in [6, 6.07) is 6.62. The van der Waals surface area contributed by atoms with E-state index in [1.807, 2.05) is 0 Å². The first-order valence-electron chi connectivity index (χ1n) is 4.55. The first-order chi connectivity index (χ1) is 8.05. The number of anilines is 2. The molecule has 0 saturated heterocycles. The maximum absolute atomic E-state index is 11.7. The summed E-state index contributed by atoms with van der Waals surface area (Å²) in [7, 11) is -3.49. The third kappa shape index (κ3) is 3.36. The first-order valence-corrected chi connectivity index (χ1v) is 6.98. The molecule has 1 heterocycles. The minimum Gasteiger partial charge on any atom is -0.399 e. The zero-order valence-corrected chi connectivity index (χ0v) is 10.2. The molecule has 0 amide bonds. The quantitative estimate of drug-likeness (QED) is 0.781. The predicted molar refractivity (Wildman–Crippen MR) is 64.8 cm³/mol. The number of nitrogens with two attached hydrogens (primary N) is 1. The lowest BCUT2D eigenvalue weighted by Gasteiger charge is -2.04. The third-order valence-corrected chi connectivity index (χ3v) is 3.74. The molecule has 2 aromatic rings. The van der Waals surface area contributed by atoms with Crippen molar-refractivity contribution in [3.63, 3.8) is 0 Å². The van der Waals surface area contributed by atoms with E-state index >= 15 is 0 Å². The van der Waals surface area contributed by atoms with E-state index in [0.29, 0.717) is 11.3 Å². The van der Waals surface area contributed by atoms with Gasteiger partial charge in [-0.3, -0.25) is 4.72 Å². The van der Waals surface area contributed by atoms with Crippen LogP contribution in [0.2, 0.25) is 0 Å². The number of sulfonamides is 1. The number of nitrogens with zero attached hydrogens (tertiary/aromatic N) is 3. The van der Waals surface area contributed by atoms with E-state index in [2.05, 4.69) is 19.5 Å². The van der Waals surface area contributed by atoms with Crippen LogP contribution in [0.25, 0.3) is 0 Å². The lowest BCUT2D eigenvalue weighted by Crippen LogP contribution is -2.14. The molecule has 9 heteroatoms. The van der Waals surface area contributed by atoms with Crippen molar-refractivity contribution in [3.05, 3.63) is 29.8 Å². The summed E-state index contributed by atoms with van der Waals surface area (Å²) in [6.07, 6.45) is 0. The molecule has 7 nitrogen and oxygen atoms in total. The summed E-state index contributed by atoms with van der Waals surface area (Å²) in [6.45, 7) is 0. The van der Waals surface area contributed by atoms with Crippen molar-refractivity contribution in [1.82, 2.24) is 14.8 Å². The van der Waals surface area contributed by atoms with Crippen LogP contribution in [0.4, 0.5) is 10.8 Å². The van der Waals surface area contributed by atoms with Crippen LogP contribution in [0, 0.1) is 0 Å². The van der Waals surface area contributed by atoms with Crippen molar-refractivity contribution in [3.8, 4) is 0 Å². The van der Waals surface area contributed by atoms with E-state index in [4.69, 9.17) is 5.73 Å². The maximum Gasteiger partial charge on any atom is 0.238 e. The van der Waals surface area contributed by atoms with E-state index < -0.39 is 10.0 Å². The lowest BCUT2D eigenvalue weighted by molar-refractivity contribution is 0.600. The monoisotopic (exact) mass is 271 g/mol. The predicted octanol–water partition coefficient (Wildman–Crippen LogP) is 0.457. The van der Waals surface area contributed by atoms with Crippen LogP contribution < -0.4 is 10.5 Å². The summed E-state index contributed by atoms with van der Waals surface area (Å²) in [5.74, 6) is -0.146. The highest BCUT2D eigenvalue weighted by Crippen LogP contribution is 2.13. The van der Waals surface area contributed by atoms with Crippen molar-refractivity contribution in [1.29, 1.82) is 0 Å². The Hall–Kier alpha value is -1.74. The van der Waals surface area contributed by atoms with Gasteiger partial charge < -0.3 is 5.73 Å². The number of rotatable bonds is 4. The Labute approximate surface area is 102 Å². The molecule has 0 aliphatic carbocycles. The van der Waals surface area contributed by atoms with Crippen LogP contribution in [0.5, 0.6) is 0 Å². The zero-order chi connectivity index (χ0) is 12.3. The molecular weight excluding hydrogens is 262 g/mol. The van der Waals surface area contributed by atoms with Gasteiger partial charge in [0.1, 0.15) is 0 Å². The van der Waals surface area contributed by atoms with Crippen LogP contribution in [-0.4, -0.2) is 23.2 Å². The van der Waals surface area contributed by atoms with E-state index in [9.17, 15) is 8.42 Å². The average molecular weight is 271 g/mol. The van der Waals surface area contributed by atoms with Crippen LogP contribution in [-0.2, 0) is 15.8 Å². The highest BCUT2D eigenvalue weighted by Gasteiger charge is 2.13. The molecule has 0 spiro atoms. The van der Waals surface area contributed by atoms with Gasteiger partial charge in [0.15, 0.2) is 0 Å². The largest absolute Gasteiger partial charge is 0.399 e. The fourth-order valence-electron chi connectivity index (χ4n) is 1.18. The number of hydrogen-bond donors (Lipinski definition) is 2. The van der Waals surface area contributed by atoms with Crippen molar-refractivity contribution in [2.75, 3.05) is 10.5 Å². The summed E-state index contributed by atoms with van der Waals surface area (Å²) < 4.78 is 29.2. The Morgan fingerprint density at radius 1 is 1.29 bits per heavy atom. The van der Waals surface area contributed by atoms with E-state index in [1.165, 1.54) is 0 Å². The molecule has 0 aliphatic heterocycles. The normalized spacial score (nSPS) is 11.3. The van der Waals surface area contributed by atoms with Crippen LogP contribution in [0.3, 0.4) is 0 Å². The molecule has 1 aromatic carbocycles. The fraction of sp³-hybridized carbons (Fsp3) is 0.125. The van der Waals surface area contributed by atoms with Crippen molar-refractivity contribution in [2.24, 2.45) is 0 Å². The Morgan fingerprint density at radius 2 is 2.00 bits per heavy atom. The molecule has 17 heavy (non-hydrogen) atoms. The Morgan fingerprint density at radius 3 is 2.59 bits per heavy atom. The molecule has 0 atom stereocenters. The van der Waals surface area contributed by atoms with E-state index in [-0.39, 0.29) is 10.9 Å². The molecule has 0 fully saturated rings. The molecule has 3 N–H and O–H groups in total. The summed E-state index contributed by atoms with van der Waals surface area (Å²) in [4.78, 5) is 0. The molecule has 0 unspecified atom stereocenters. The molecule has 0 saturated carbocycles. The standard InChI is InChI=1S/C8H9N5O2S2/c9-7-3-1-6(2-4-7)5-17(14,15)11-8-10-12-13-16-8/h1-4H,5,9H2,(H,10,11,13). The highest BCUT2D eigenvalue weighted by atomic mass is 32.2. The van der Waals surface area contributed by atoms with Gasteiger partial charge in [-0.05, 0) is 22.9 Å².